The molecule has 2 amide bonds. The predicted molar refractivity (Wildman–Crippen MR) is 135 cm³/mol. The number of hydrogen-bond acceptors (Lipinski definition) is 6. The zero-order valence-corrected chi connectivity index (χ0v) is 19.7. The third-order valence-electron chi connectivity index (χ3n) is 6.15. The van der Waals surface area contributed by atoms with Crippen LogP contribution >= 0.6 is 0 Å². The fourth-order valence-corrected chi connectivity index (χ4v) is 4.29. The maximum Gasteiger partial charge on any atom is 0.253 e. The van der Waals surface area contributed by atoms with Gasteiger partial charge in [0.05, 0.1) is 0 Å². The van der Waals surface area contributed by atoms with Gasteiger partial charge in [-0.2, -0.15) is 0 Å². The number of amides is 2. The summed E-state index contributed by atoms with van der Waals surface area (Å²) in [5, 5.41) is 11.2. The van der Waals surface area contributed by atoms with E-state index >= 15 is 4.39 Å². The van der Waals surface area contributed by atoms with Crippen LogP contribution < -0.4 is 11.1 Å². The van der Waals surface area contributed by atoms with Crippen LogP contribution in [0.3, 0.4) is 0 Å². The van der Waals surface area contributed by atoms with Crippen molar-refractivity contribution < 1.29 is 14.0 Å². The monoisotopic (exact) mass is 485 g/mol. The lowest BCUT2D eigenvalue weighted by molar-refractivity contribution is -0.112. The Bertz CT molecular complexity index is 1510. The lowest BCUT2D eigenvalue weighted by Gasteiger charge is -2.15. The summed E-state index contributed by atoms with van der Waals surface area (Å²) < 4.78 is 16.6. The summed E-state index contributed by atoms with van der Waals surface area (Å²) >= 11 is 0. The standard InChI is InChI=1S/C26H24FN7O2/c1-15(2)25(35)31-18-9-10-19(20(27)13-18)22-21(23-24(28)29-14-30-34(23)32-22)16-5-7-17(8-6-16)26(36)33-11-3-4-12-33/h5-10,13-14H,1,3-4,11-12H2,2H3,(H,31,35)(H2,28,29,30). The van der Waals surface area contributed by atoms with E-state index in [0.29, 0.717) is 39.2 Å². The molecule has 5 rings (SSSR count). The van der Waals surface area contributed by atoms with E-state index in [2.05, 4.69) is 27.1 Å². The quantitative estimate of drug-likeness (QED) is 0.414. The van der Waals surface area contributed by atoms with Crippen molar-refractivity contribution in [3.8, 4) is 22.4 Å². The topological polar surface area (TPSA) is 119 Å². The van der Waals surface area contributed by atoms with Crippen molar-refractivity contribution in [1.29, 1.82) is 0 Å². The molecule has 10 heteroatoms. The second kappa shape index (κ2) is 9.21. The molecule has 1 saturated heterocycles. The number of nitrogens with zero attached hydrogens (tertiary/aromatic N) is 5. The second-order valence-electron chi connectivity index (χ2n) is 8.71. The summed E-state index contributed by atoms with van der Waals surface area (Å²) in [6, 6.07) is 11.4. The summed E-state index contributed by atoms with van der Waals surface area (Å²) in [6.45, 7) is 6.67. The number of likely N-dealkylation sites (tertiary alicyclic amines) is 1. The maximum absolute atomic E-state index is 15.3. The molecular weight excluding hydrogens is 461 g/mol. The molecular formula is C26H24FN7O2. The van der Waals surface area contributed by atoms with Gasteiger partial charge in [0.1, 0.15) is 23.4 Å². The zero-order chi connectivity index (χ0) is 25.4. The third kappa shape index (κ3) is 4.17. The van der Waals surface area contributed by atoms with Crippen molar-refractivity contribution in [1.82, 2.24) is 24.7 Å². The van der Waals surface area contributed by atoms with Gasteiger partial charge < -0.3 is 16.0 Å². The number of rotatable bonds is 5. The van der Waals surface area contributed by atoms with Crippen molar-refractivity contribution in [3.05, 3.63) is 72.3 Å². The SMILES string of the molecule is C=C(C)C(=O)Nc1ccc(-c2nn3ncnc(N)c3c2-c2ccc(C(=O)N3CCCC3)cc2)c(F)c1. The van der Waals surface area contributed by atoms with E-state index in [9.17, 15) is 9.59 Å². The van der Waals surface area contributed by atoms with E-state index in [1.165, 1.54) is 23.1 Å². The van der Waals surface area contributed by atoms with E-state index in [0.717, 1.165) is 25.9 Å². The third-order valence-corrected chi connectivity index (χ3v) is 6.15. The Balaban J connectivity index is 1.59. The van der Waals surface area contributed by atoms with Crippen molar-refractivity contribution in [2.24, 2.45) is 0 Å². The fourth-order valence-electron chi connectivity index (χ4n) is 4.29. The molecule has 1 aliphatic heterocycles. The van der Waals surface area contributed by atoms with E-state index in [1.807, 2.05) is 4.90 Å². The minimum atomic E-state index is -0.591. The average Bonchev–Trinajstić information content (AvgIpc) is 3.53. The number of halogens is 1. The van der Waals surface area contributed by atoms with E-state index in [-0.39, 0.29) is 17.3 Å². The summed E-state index contributed by atoms with van der Waals surface area (Å²) in [4.78, 5) is 30.6. The molecule has 0 aliphatic carbocycles. The number of hydrogen-bond donors (Lipinski definition) is 2. The smallest absolute Gasteiger partial charge is 0.253 e. The van der Waals surface area contributed by atoms with Gasteiger partial charge in [-0.25, -0.2) is 9.37 Å². The first kappa shape index (κ1) is 23.2. The second-order valence-corrected chi connectivity index (χ2v) is 8.71. The number of nitrogen functional groups attached to an aromatic ring is 1. The van der Waals surface area contributed by atoms with Crippen LogP contribution in [0.5, 0.6) is 0 Å². The number of nitrogens with two attached hydrogens (primary N) is 1. The number of carbonyl (C=O) groups is 2. The molecule has 0 saturated carbocycles. The number of anilines is 2. The Morgan fingerprint density at radius 1 is 1.11 bits per heavy atom. The molecule has 4 aromatic rings. The molecule has 1 aliphatic rings. The maximum atomic E-state index is 15.3. The van der Waals surface area contributed by atoms with Crippen LogP contribution in [0.4, 0.5) is 15.9 Å². The largest absolute Gasteiger partial charge is 0.382 e. The summed E-state index contributed by atoms with van der Waals surface area (Å²) in [5.74, 6) is -0.823. The molecule has 36 heavy (non-hydrogen) atoms. The van der Waals surface area contributed by atoms with E-state index in [4.69, 9.17) is 5.73 Å². The number of benzene rings is 2. The van der Waals surface area contributed by atoms with Crippen LogP contribution in [0.25, 0.3) is 27.9 Å². The molecule has 0 spiro atoms. The van der Waals surface area contributed by atoms with Crippen molar-refractivity contribution in [2.75, 3.05) is 24.1 Å². The first-order chi connectivity index (χ1) is 17.3. The minimum Gasteiger partial charge on any atom is -0.382 e. The van der Waals surface area contributed by atoms with Crippen LogP contribution in [-0.2, 0) is 4.79 Å². The van der Waals surface area contributed by atoms with Crippen molar-refractivity contribution in [3.63, 3.8) is 0 Å². The van der Waals surface area contributed by atoms with Crippen molar-refractivity contribution in [2.45, 2.75) is 19.8 Å². The van der Waals surface area contributed by atoms with Gasteiger partial charge in [-0.15, -0.1) is 14.8 Å². The lowest BCUT2D eigenvalue weighted by atomic mass is 9.98. The highest BCUT2D eigenvalue weighted by molar-refractivity contribution is 6.03. The molecule has 9 nitrogen and oxygen atoms in total. The Labute approximate surface area is 206 Å². The van der Waals surface area contributed by atoms with Gasteiger partial charge in [-0.3, -0.25) is 9.59 Å². The Morgan fingerprint density at radius 3 is 2.50 bits per heavy atom. The number of nitrogens with one attached hydrogen (secondary N) is 1. The molecule has 3 heterocycles. The first-order valence-corrected chi connectivity index (χ1v) is 11.5. The van der Waals surface area contributed by atoms with Gasteiger partial charge in [0.25, 0.3) is 11.8 Å². The lowest BCUT2D eigenvalue weighted by Crippen LogP contribution is -2.27. The molecule has 1 fully saturated rings. The molecule has 0 unspecified atom stereocenters. The van der Waals surface area contributed by atoms with Gasteiger partial charge in [0.2, 0.25) is 0 Å². The minimum absolute atomic E-state index is 0.0135. The van der Waals surface area contributed by atoms with Gasteiger partial charge in [-0.05, 0) is 55.7 Å². The number of aromatic nitrogens is 4. The fraction of sp³-hybridized carbons (Fsp3) is 0.192. The molecule has 3 N–H and O–H groups in total. The summed E-state index contributed by atoms with van der Waals surface area (Å²) in [5.41, 5.74) is 9.47. The summed E-state index contributed by atoms with van der Waals surface area (Å²) in [7, 11) is 0. The number of carbonyl (C=O) groups excluding carboxylic acids is 2. The Morgan fingerprint density at radius 2 is 1.83 bits per heavy atom. The van der Waals surface area contributed by atoms with Gasteiger partial charge >= 0.3 is 0 Å². The molecule has 0 bridgehead atoms. The molecule has 0 radical (unpaired) electrons. The van der Waals surface area contributed by atoms with Gasteiger partial charge in [0.15, 0.2) is 5.82 Å². The van der Waals surface area contributed by atoms with E-state index < -0.39 is 11.7 Å². The number of fused-ring (bicyclic) bond motifs is 1. The molecule has 0 atom stereocenters. The summed E-state index contributed by atoms with van der Waals surface area (Å²) in [6.07, 6.45) is 3.29. The van der Waals surface area contributed by atoms with Crippen LogP contribution in [-0.4, -0.2) is 49.6 Å². The highest BCUT2D eigenvalue weighted by Crippen LogP contribution is 2.38. The van der Waals surface area contributed by atoms with Gasteiger partial charge in [0, 0.05) is 41.0 Å². The molecule has 182 valence electrons. The first-order valence-electron chi connectivity index (χ1n) is 11.5. The Hall–Kier alpha value is -4.60. The molecule has 2 aromatic heterocycles. The Kier molecular flexibility index (Phi) is 5.93. The molecule has 2 aromatic carbocycles. The predicted octanol–water partition coefficient (Wildman–Crippen LogP) is 3.93. The van der Waals surface area contributed by atoms with Crippen molar-refractivity contribution >= 4 is 28.8 Å². The van der Waals surface area contributed by atoms with E-state index in [1.54, 1.807) is 37.3 Å². The highest BCUT2D eigenvalue weighted by atomic mass is 19.1. The van der Waals surface area contributed by atoms with Gasteiger partial charge in [-0.1, -0.05) is 18.7 Å². The van der Waals surface area contributed by atoms with Crippen LogP contribution in [0, 0.1) is 5.82 Å². The van der Waals surface area contributed by atoms with Crippen LogP contribution in [0.1, 0.15) is 30.1 Å². The zero-order valence-electron chi connectivity index (χ0n) is 19.7. The van der Waals surface area contributed by atoms with Crippen LogP contribution in [0.2, 0.25) is 0 Å². The highest BCUT2D eigenvalue weighted by Gasteiger charge is 2.24. The average molecular weight is 486 g/mol. The van der Waals surface area contributed by atoms with Crippen LogP contribution in [0.15, 0.2) is 60.9 Å². The normalized spacial score (nSPS) is 13.2.